The van der Waals surface area contributed by atoms with Crippen LogP contribution >= 0.6 is 34.8 Å². The maximum absolute atomic E-state index is 11.9. The first-order valence-electron chi connectivity index (χ1n) is 4.70. The van der Waals surface area contributed by atoms with Crippen molar-refractivity contribution in [3.8, 4) is 0 Å². The van der Waals surface area contributed by atoms with Crippen molar-refractivity contribution >= 4 is 40.7 Å². The van der Waals surface area contributed by atoms with Gasteiger partial charge < -0.3 is 5.32 Å². The predicted octanol–water partition coefficient (Wildman–Crippen LogP) is 3.74. The van der Waals surface area contributed by atoms with E-state index in [0.29, 0.717) is 16.5 Å². The van der Waals surface area contributed by atoms with Crippen LogP contribution in [0.2, 0.25) is 10.0 Å². The summed E-state index contributed by atoms with van der Waals surface area (Å²) < 4.78 is 0. The molecule has 0 saturated carbocycles. The molecule has 5 heteroatoms. The van der Waals surface area contributed by atoms with E-state index in [1.54, 1.807) is 18.2 Å². The van der Waals surface area contributed by atoms with Crippen molar-refractivity contribution in [2.75, 3.05) is 5.88 Å². The minimum absolute atomic E-state index is 0.257. The molecular formula is C11H12Cl3NO. The van der Waals surface area contributed by atoms with Crippen molar-refractivity contribution in [3.05, 3.63) is 33.8 Å². The summed E-state index contributed by atoms with van der Waals surface area (Å²) >= 11 is 17.5. The average Bonchev–Trinajstić information content (AvgIpc) is 2.21. The van der Waals surface area contributed by atoms with Crippen molar-refractivity contribution in [1.82, 2.24) is 5.32 Å². The Morgan fingerprint density at radius 1 is 1.38 bits per heavy atom. The maximum atomic E-state index is 11.9. The van der Waals surface area contributed by atoms with Crippen LogP contribution in [-0.2, 0) is 0 Å². The van der Waals surface area contributed by atoms with Gasteiger partial charge in [0.25, 0.3) is 5.91 Å². The molecule has 1 aromatic rings. The van der Waals surface area contributed by atoms with E-state index >= 15 is 0 Å². The number of nitrogens with one attached hydrogen (secondary N) is 1. The van der Waals surface area contributed by atoms with Crippen LogP contribution in [-0.4, -0.2) is 17.3 Å². The van der Waals surface area contributed by atoms with Gasteiger partial charge in [-0.2, -0.15) is 0 Å². The van der Waals surface area contributed by atoms with Crippen LogP contribution in [0, 0.1) is 0 Å². The lowest BCUT2D eigenvalue weighted by atomic mass is 10.1. The van der Waals surface area contributed by atoms with Crippen molar-refractivity contribution in [2.45, 2.75) is 19.4 Å². The van der Waals surface area contributed by atoms with Crippen LogP contribution in [0.25, 0.3) is 0 Å². The zero-order valence-corrected chi connectivity index (χ0v) is 11.2. The minimum Gasteiger partial charge on any atom is -0.346 e. The standard InChI is InChI=1S/C11H12Cl3NO/c1-11(2,6-12)15-10(16)7-4-3-5-8(13)9(7)14/h3-5H,6H2,1-2H3,(H,15,16). The molecule has 0 heterocycles. The topological polar surface area (TPSA) is 29.1 Å². The quantitative estimate of drug-likeness (QED) is 0.840. The normalized spacial score (nSPS) is 11.3. The lowest BCUT2D eigenvalue weighted by molar-refractivity contribution is 0.0920. The van der Waals surface area contributed by atoms with E-state index in [1.807, 2.05) is 13.8 Å². The molecule has 88 valence electrons. The summed E-state index contributed by atoms with van der Waals surface area (Å²) in [6.07, 6.45) is 0. The summed E-state index contributed by atoms with van der Waals surface area (Å²) in [5.41, 5.74) is -0.128. The fourth-order valence-corrected chi connectivity index (χ4v) is 1.54. The monoisotopic (exact) mass is 279 g/mol. The summed E-state index contributed by atoms with van der Waals surface area (Å²) in [7, 11) is 0. The number of hydrogen-bond acceptors (Lipinski definition) is 1. The van der Waals surface area contributed by atoms with E-state index in [0.717, 1.165) is 0 Å². The fourth-order valence-electron chi connectivity index (χ4n) is 1.09. The molecule has 0 bridgehead atoms. The van der Waals surface area contributed by atoms with Crippen LogP contribution in [0.15, 0.2) is 18.2 Å². The van der Waals surface area contributed by atoms with E-state index in [4.69, 9.17) is 34.8 Å². The highest BCUT2D eigenvalue weighted by Gasteiger charge is 2.21. The second-order valence-electron chi connectivity index (χ2n) is 4.07. The van der Waals surface area contributed by atoms with Gasteiger partial charge in [0.2, 0.25) is 0 Å². The molecule has 1 aromatic carbocycles. The second kappa shape index (κ2) is 5.26. The van der Waals surface area contributed by atoms with Crippen LogP contribution in [0.3, 0.4) is 0 Å². The number of halogens is 3. The first-order chi connectivity index (χ1) is 7.37. The number of amides is 1. The number of alkyl halides is 1. The second-order valence-corrected chi connectivity index (χ2v) is 5.13. The molecule has 0 unspecified atom stereocenters. The molecule has 0 aliphatic rings. The molecule has 1 amide bonds. The van der Waals surface area contributed by atoms with Gasteiger partial charge in [-0.3, -0.25) is 4.79 Å². The van der Waals surface area contributed by atoms with Crippen LogP contribution in [0.4, 0.5) is 0 Å². The van der Waals surface area contributed by atoms with Crippen molar-refractivity contribution in [2.24, 2.45) is 0 Å². The van der Waals surface area contributed by atoms with Gasteiger partial charge in [0.05, 0.1) is 15.6 Å². The molecule has 0 spiro atoms. The molecule has 0 aromatic heterocycles. The summed E-state index contributed by atoms with van der Waals surface area (Å²) in [6, 6.07) is 4.93. The highest BCUT2D eigenvalue weighted by molar-refractivity contribution is 6.43. The predicted molar refractivity (Wildman–Crippen MR) is 68.7 cm³/mol. The largest absolute Gasteiger partial charge is 0.346 e. The summed E-state index contributed by atoms with van der Waals surface area (Å²) in [4.78, 5) is 11.9. The molecular weight excluding hydrogens is 268 g/mol. The van der Waals surface area contributed by atoms with Gasteiger partial charge in [0.15, 0.2) is 0 Å². The van der Waals surface area contributed by atoms with Gasteiger partial charge >= 0.3 is 0 Å². The van der Waals surface area contributed by atoms with Crippen LogP contribution < -0.4 is 5.32 Å². The molecule has 2 nitrogen and oxygen atoms in total. The average molecular weight is 281 g/mol. The molecule has 0 saturated heterocycles. The number of carbonyl (C=O) groups excluding carboxylic acids is 1. The molecule has 0 atom stereocenters. The van der Waals surface area contributed by atoms with Gasteiger partial charge in [-0.1, -0.05) is 29.3 Å². The molecule has 0 radical (unpaired) electrons. The molecule has 1 N–H and O–H groups in total. The Morgan fingerprint density at radius 2 is 2.00 bits per heavy atom. The van der Waals surface area contributed by atoms with Gasteiger partial charge in [0.1, 0.15) is 0 Å². The third-order valence-electron chi connectivity index (χ3n) is 1.98. The van der Waals surface area contributed by atoms with E-state index in [-0.39, 0.29) is 10.9 Å². The third kappa shape index (κ3) is 3.27. The minimum atomic E-state index is -0.482. The number of hydrogen-bond donors (Lipinski definition) is 1. The van der Waals surface area contributed by atoms with E-state index < -0.39 is 5.54 Å². The molecule has 16 heavy (non-hydrogen) atoms. The first-order valence-corrected chi connectivity index (χ1v) is 5.99. The van der Waals surface area contributed by atoms with Gasteiger partial charge in [-0.15, -0.1) is 11.6 Å². The number of benzene rings is 1. The van der Waals surface area contributed by atoms with Crippen LogP contribution in [0.1, 0.15) is 24.2 Å². The fraction of sp³-hybridized carbons (Fsp3) is 0.364. The Bertz CT molecular complexity index is 404. The Labute approximate surface area is 110 Å². The smallest absolute Gasteiger partial charge is 0.253 e. The molecule has 0 fully saturated rings. The van der Waals surface area contributed by atoms with Crippen LogP contribution in [0.5, 0.6) is 0 Å². The summed E-state index contributed by atoms with van der Waals surface area (Å²) in [6.45, 7) is 3.66. The van der Waals surface area contributed by atoms with E-state index in [2.05, 4.69) is 5.32 Å². The van der Waals surface area contributed by atoms with Crippen molar-refractivity contribution in [1.29, 1.82) is 0 Å². The summed E-state index contributed by atoms with van der Waals surface area (Å²) in [5, 5.41) is 3.39. The maximum Gasteiger partial charge on any atom is 0.253 e. The van der Waals surface area contributed by atoms with E-state index in [1.165, 1.54) is 0 Å². The molecule has 0 aliphatic carbocycles. The summed E-state index contributed by atoms with van der Waals surface area (Å²) in [5.74, 6) is 0.0369. The Kier molecular flexibility index (Phi) is 4.48. The molecule has 1 rings (SSSR count). The van der Waals surface area contributed by atoms with Gasteiger partial charge in [-0.25, -0.2) is 0 Å². The van der Waals surface area contributed by atoms with Gasteiger partial charge in [0, 0.05) is 11.4 Å². The van der Waals surface area contributed by atoms with Gasteiger partial charge in [-0.05, 0) is 26.0 Å². The Hall–Kier alpha value is -0.440. The Balaban J connectivity index is 2.94. The number of carbonyl (C=O) groups is 1. The number of rotatable bonds is 3. The lowest BCUT2D eigenvalue weighted by Crippen LogP contribution is -2.45. The lowest BCUT2D eigenvalue weighted by Gasteiger charge is -2.23. The first kappa shape index (κ1) is 13.6. The zero-order valence-electron chi connectivity index (χ0n) is 8.98. The molecule has 0 aliphatic heterocycles. The highest BCUT2D eigenvalue weighted by atomic mass is 35.5. The third-order valence-corrected chi connectivity index (χ3v) is 3.47. The highest BCUT2D eigenvalue weighted by Crippen LogP contribution is 2.25. The SMILES string of the molecule is CC(C)(CCl)NC(=O)c1cccc(Cl)c1Cl. The van der Waals surface area contributed by atoms with E-state index in [9.17, 15) is 4.79 Å². The zero-order chi connectivity index (χ0) is 12.3. The van der Waals surface area contributed by atoms with Crippen molar-refractivity contribution in [3.63, 3.8) is 0 Å². The Morgan fingerprint density at radius 3 is 2.56 bits per heavy atom. The van der Waals surface area contributed by atoms with Crippen molar-refractivity contribution < 1.29 is 4.79 Å².